The Kier molecular flexibility index (Phi) is 4.22. The largest absolute Gasteiger partial charge is 0.314 e. The summed E-state index contributed by atoms with van der Waals surface area (Å²) in [6.07, 6.45) is 6.88. The molecule has 0 radical (unpaired) electrons. The van der Waals surface area contributed by atoms with Crippen molar-refractivity contribution in [1.29, 1.82) is 0 Å². The van der Waals surface area contributed by atoms with Crippen LogP contribution in [0.5, 0.6) is 0 Å². The molecule has 4 heterocycles. The van der Waals surface area contributed by atoms with Gasteiger partial charge in [0, 0.05) is 18.6 Å². The van der Waals surface area contributed by atoms with Gasteiger partial charge in [0.15, 0.2) is 0 Å². The summed E-state index contributed by atoms with van der Waals surface area (Å²) < 4.78 is 0. The molecule has 1 N–H and O–H groups in total. The fraction of sp³-hybridized carbons (Fsp3) is 1.00. The van der Waals surface area contributed by atoms with Crippen LogP contribution in [0.1, 0.15) is 39.0 Å². The van der Waals surface area contributed by atoms with E-state index in [1.807, 2.05) is 0 Å². The summed E-state index contributed by atoms with van der Waals surface area (Å²) in [6.45, 7) is 10.3. The van der Waals surface area contributed by atoms with E-state index in [4.69, 9.17) is 0 Å². The summed E-state index contributed by atoms with van der Waals surface area (Å²) in [4.78, 5) is 5.53. The maximum Gasteiger partial charge on any atom is 0.0252 e. The van der Waals surface area contributed by atoms with Gasteiger partial charge in [-0.25, -0.2) is 0 Å². The molecule has 4 saturated heterocycles. The van der Waals surface area contributed by atoms with Crippen LogP contribution in [-0.4, -0.2) is 61.2 Å². The van der Waals surface area contributed by atoms with Gasteiger partial charge in [-0.05, 0) is 70.7 Å². The van der Waals surface area contributed by atoms with Gasteiger partial charge in [0.1, 0.15) is 0 Å². The van der Waals surface area contributed by atoms with E-state index in [0.717, 1.165) is 18.0 Å². The average molecular weight is 251 g/mol. The lowest BCUT2D eigenvalue weighted by Gasteiger charge is -2.49. The van der Waals surface area contributed by atoms with Crippen LogP contribution in [0.2, 0.25) is 0 Å². The monoisotopic (exact) mass is 251 g/mol. The molecule has 4 aliphatic rings. The van der Waals surface area contributed by atoms with Crippen LogP contribution in [0.25, 0.3) is 0 Å². The molecule has 0 spiro atoms. The first-order chi connectivity index (χ1) is 8.86. The average Bonchev–Trinajstić information content (AvgIpc) is 2.40. The zero-order valence-electron chi connectivity index (χ0n) is 11.9. The van der Waals surface area contributed by atoms with Crippen LogP contribution in [0, 0.1) is 5.92 Å². The second-order valence-corrected chi connectivity index (χ2v) is 6.44. The molecule has 2 unspecified atom stereocenters. The summed E-state index contributed by atoms with van der Waals surface area (Å²) in [5.74, 6) is 1.00. The molecule has 0 aromatic rings. The van der Waals surface area contributed by atoms with Crippen molar-refractivity contribution in [2.75, 3.05) is 39.3 Å². The van der Waals surface area contributed by atoms with Gasteiger partial charge >= 0.3 is 0 Å². The predicted octanol–water partition coefficient (Wildman–Crippen LogP) is 1.54. The number of hydrogen-bond donors (Lipinski definition) is 1. The number of piperidine rings is 3. The molecule has 4 aliphatic heterocycles. The van der Waals surface area contributed by atoms with Crippen molar-refractivity contribution in [1.82, 2.24) is 15.1 Å². The van der Waals surface area contributed by atoms with E-state index < -0.39 is 0 Å². The summed E-state index contributed by atoms with van der Waals surface area (Å²) >= 11 is 0. The van der Waals surface area contributed by atoms with Crippen LogP contribution < -0.4 is 5.32 Å². The zero-order valence-corrected chi connectivity index (χ0v) is 11.9. The number of rotatable bonds is 2. The quantitative estimate of drug-likeness (QED) is 0.803. The minimum atomic E-state index is 0.758. The van der Waals surface area contributed by atoms with Gasteiger partial charge in [-0.15, -0.1) is 0 Å². The van der Waals surface area contributed by atoms with Crippen molar-refractivity contribution in [3.8, 4) is 0 Å². The van der Waals surface area contributed by atoms with Crippen LogP contribution in [0.15, 0.2) is 0 Å². The fourth-order valence-corrected chi connectivity index (χ4v) is 4.15. The molecule has 4 fully saturated rings. The van der Waals surface area contributed by atoms with Crippen molar-refractivity contribution in [2.24, 2.45) is 5.92 Å². The first-order valence-electron chi connectivity index (χ1n) is 8.06. The standard InChI is InChI=1S/C15H29N3/c1-2-14-6-11-18(8-3-7-16-14)15-12-17-9-4-13(15)5-10-17/h13-16H,2-12H2,1H3. The van der Waals surface area contributed by atoms with Gasteiger partial charge in [-0.2, -0.15) is 0 Å². The number of fused-ring (bicyclic) bond motifs is 3. The Labute approximate surface area is 112 Å². The van der Waals surface area contributed by atoms with Gasteiger partial charge < -0.3 is 10.2 Å². The molecule has 0 saturated carbocycles. The molecule has 18 heavy (non-hydrogen) atoms. The third-order valence-corrected chi connectivity index (χ3v) is 5.40. The highest BCUT2D eigenvalue weighted by Gasteiger charge is 2.37. The first-order valence-corrected chi connectivity index (χ1v) is 8.06. The van der Waals surface area contributed by atoms with Crippen molar-refractivity contribution in [3.05, 3.63) is 0 Å². The normalized spacial score (nSPS) is 42.5. The van der Waals surface area contributed by atoms with E-state index in [9.17, 15) is 0 Å². The van der Waals surface area contributed by atoms with Crippen LogP contribution in [0.4, 0.5) is 0 Å². The summed E-state index contributed by atoms with van der Waals surface area (Å²) in [7, 11) is 0. The van der Waals surface area contributed by atoms with E-state index in [0.29, 0.717) is 0 Å². The number of hydrogen-bond acceptors (Lipinski definition) is 3. The SMILES string of the molecule is CCC1CCN(C2CN3CCC2CC3)CCCN1. The molecular formula is C15H29N3. The van der Waals surface area contributed by atoms with Crippen molar-refractivity contribution >= 4 is 0 Å². The third-order valence-electron chi connectivity index (χ3n) is 5.40. The Hall–Kier alpha value is -0.120. The van der Waals surface area contributed by atoms with Gasteiger partial charge in [-0.3, -0.25) is 4.90 Å². The van der Waals surface area contributed by atoms with E-state index in [2.05, 4.69) is 22.0 Å². The van der Waals surface area contributed by atoms with Crippen LogP contribution in [0.3, 0.4) is 0 Å². The van der Waals surface area contributed by atoms with Crippen molar-refractivity contribution < 1.29 is 0 Å². The van der Waals surface area contributed by atoms with E-state index in [1.165, 1.54) is 71.4 Å². The van der Waals surface area contributed by atoms with Crippen LogP contribution >= 0.6 is 0 Å². The highest BCUT2D eigenvalue weighted by molar-refractivity contribution is 4.93. The first kappa shape index (κ1) is 12.9. The number of nitrogens with one attached hydrogen (secondary N) is 1. The smallest absolute Gasteiger partial charge is 0.0252 e. The van der Waals surface area contributed by atoms with Gasteiger partial charge in [-0.1, -0.05) is 6.92 Å². The minimum absolute atomic E-state index is 0.758. The maximum atomic E-state index is 3.69. The zero-order chi connectivity index (χ0) is 12.4. The molecule has 0 aliphatic carbocycles. The van der Waals surface area contributed by atoms with Gasteiger partial charge in [0.25, 0.3) is 0 Å². The molecule has 2 bridgehead atoms. The molecule has 4 rings (SSSR count). The molecule has 2 atom stereocenters. The molecular weight excluding hydrogens is 222 g/mol. The minimum Gasteiger partial charge on any atom is -0.314 e. The molecule has 0 amide bonds. The topological polar surface area (TPSA) is 18.5 Å². The van der Waals surface area contributed by atoms with E-state index in [1.54, 1.807) is 0 Å². The van der Waals surface area contributed by atoms with Crippen LogP contribution in [-0.2, 0) is 0 Å². The van der Waals surface area contributed by atoms with Gasteiger partial charge in [0.05, 0.1) is 0 Å². The Bertz CT molecular complexity index is 260. The lowest BCUT2D eigenvalue weighted by atomic mass is 9.83. The molecule has 0 aromatic heterocycles. The van der Waals surface area contributed by atoms with Gasteiger partial charge in [0.2, 0.25) is 0 Å². The molecule has 3 heteroatoms. The summed E-state index contributed by atoms with van der Waals surface area (Å²) in [6, 6.07) is 1.64. The Morgan fingerprint density at radius 1 is 1.06 bits per heavy atom. The second-order valence-electron chi connectivity index (χ2n) is 6.44. The highest BCUT2D eigenvalue weighted by atomic mass is 15.3. The summed E-state index contributed by atoms with van der Waals surface area (Å²) in [5, 5.41) is 3.69. The van der Waals surface area contributed by atoms with Crippen molar-refractivity contribution in [2.45, 2.75) is 51.1 Å². The number of nitrogens with zero attached hydrogens (tertiary/aromatic N) is 2. The Morgan fingerprint density at radius 2 is 1.89 bits per heavy atom. The van der Waals surface area contributed by atoms with Crippen molar-refractivity contribution in [3.63, 3.8) is 0 Å². The third kappa shape index (κ3) is 2.73. The fourth-order valence-electron chi connectivity index (χ4n) is 4.15. The molecule has 3 nitrogen and oxygen atoms in total. The predicted molar refractivity (Wildman–Crippen MR) is 75.8 cm³/mol. The lowest BCUT2D eigenvalue weighted by Crippen LogP contribution is -2.58. The highest BCUT2D eigenvalue weighted by Crippen LogP contribution is 2.31. The Morgan fingerprint density at radius 3 is 2.56 bits per heavy atom. The lowest BCUT2D eigenvalue weighted by molar-refractivity contribution is 0.00114. The second kappa shape index (κ2) is 5.89. The maximum absolute atomic E-state index is 3.69. The van der Waals surface area contributed by atoms with E-state index >= 15 is 0 Å². The molecule has 104 valence electrons. The summed E-state index contributed by atoms with van der Waals surface area (Å²) in [5.41, 5.74) is 0. The molecule has 0 aromatic carbocycles. The Balaban J connectivity index is 1.60. The van der Waals surface area contributed by atoms with E-state index in [-0.39, 0.29) is 0 Å².